The molecule has 5 nitrogen and oxygen atoms in total. The molecule has 2 aliphatic heterocycles. The first kappa shape index (κ1) is 13.9. The number of thioether (sulfide) groups is 1. The van der Waals surface area contributed by atoms with E-state index in [2.05, 4.69) is 0 Å². The normalized spacial score (nSPS) is 18.1. The number of hydrogen-bond donors (Lipinski definition) is 0. The molecule has 0 atom stereocenters. The maximum atomic E-state index is 12.5. The maximum absolute atomic E-state index is 12.5. The SMILES string of the molecule is O=C1S/C(=C/c2ccc3c(c2)OCO3)C(=O)N1c1ccccc1. The number of para-hydroxylation sites is 1. The van der Waals surface area contributed by atoms with E-state index in [-0.39, 0.29) is 17.9 Å². The van der Waals surface area contributed by atoms with Gasteiger partial charge in [-0.25, -0.2) is 4.90 Å². The highest BCUT2D eigenvalue weighted by molar-refractivity contribution is 8.19. The van der Waals surface area contributed by atoms with Gasteiger partial charge >= 0.3 is 0 Å². The monoisotopic (exact) mass is 325 g/mol. The van der Waals surface area contributed by atoms with Gasteiger partial charge in [0.05, 0.1) is 10.6 Å². The summed E-state index contributed by atoms with van der Waals surface area (Å²) in [5.74, 6) is 1.00. The zero-order valence-electron chi connectivity index (χ0n) is 11.9. The zero-order chi connectivity index (χ0) is 15.8. The molecule has 2 heterocycles. The van der Waals surface area contributed by atoms with Gasteiger partial charge in [0, 0.05) is 0 Å². The zero-order valence-corrected chi connectivity index (χ0v) is 12.7. The van der Waals surface area contributed by atoms with Gasteiger partial charge in [0.15, 0.2) is 11.5 Å². The number of rotatable bonds is 2. The first-order chi connectivity index (χ1) is 11.2. The Bertz CT molecular complexity index is 832. The van der Waals surface area contributed by atoms with E-state index in [1.807, 2.05) is 12.1 Å². The topological polar surface area (TPSA) is 55.8 Å². The molecule has 2 aromatic carbocycles. The third kappa shape index (κ3) is 2.47. The highest BCUT2D eigenvalue weighted by atomic mass is 32.2. The average molecular weight is 325 g/mol. The van der Waals surface area contributed by atoms with Gasteiger partial charge in [0.25, 0.3) is 11.1 Å². The van der Waals surface area contributed by atoms with E-state index in [0.717, 1.165) is 17.3 Å². The number of nitrogens with zero attached hydrogens (tertiary/aromatic N) is 1. The fraction of sp³-hybridized carbons (Fsp3) is 0.0588. The molecule has 4 rings (SSSR count). The summed E-state index contributed by atoms with van der Waals surface area (Å²) in [6.07, 6.45) is 1.69. The Morgan fingerprint density at radius 3 is 2.61 bits per heavy atom. The number of anilines is 1. The molecule has 2 aliphatic rings. The van der Waals surface area contributed by atoms with Crippen LogP contribution in [0.5, 0.6) is 11.5 Å². The Labute approximate surface area is 136 Å². The minimum Gasteiger partial charge on any atom is -0.454 e. The molecule has 23 heavy (non-hydrogen) atoms. The molecule has 1 fully saturated rings. The van der Waals surface area contributed by atoms with E-state index in [1.165, 1.54) is 4.90 Å². The molecule has 2 amide bonds. The van der Waals surface area contributed by atoms with Gasteiger partial charge in [0.2, 0.25) is 6.79 Å². The molecule has 0 unspecified atom stereocenters. The lowest BCUT2D eigenvalue weighted by atomic mass is 10.2. The molecule has 114 valence electrons. The summed E-state index contributed by atoms with van der Waals surface area (Å²) in [5, 5.41) is -0.298. The van der Waals surface area contributed by atoms with Crippen molar-refractivity contribution >= 4 is 34.7 Å². The number of benzene rings is 2. The second-order valence-corrected chi connectivity index (χ2v) is 5.96. The van der Waals surface area contributed by atoms with Crippen molar-refractivity contribution in [1.29, 1.82) is 0 Å². The summed E-state index contributed by atoms with van der Waals surface area (Å²) in [6.45, 7) is 0.198. The van der Waals surface area contributed by atoms with Crippen LogP contribution in [0.4, 0.5) is 10.5 Å². The largest absolute Gasteiger partial charge is 0.454 e. The van der Waals surface area contributed by atoms with Gasteiger partial charge < -0.3 is 9.47 Å². The van der Waals surface area contributed by atoms with Crippen molar-refractivity contribution in [3.8, 4) is 11.5 Å². The van der Waals surface area contributed by atoms with Gasteiger partial charge in [-0.2, -0.15) is 0 Å². The van der Waals surface area contributed by atoms with Crippen LogP contribution in [0.15, 0.2) is 53.4 Å². The van der Waals surface area contributed by atoms with Crippen molar-refractivity contribution in [1.82, 2.24) is 0 Å². The number of carbonyl (C=O) groups excluding carboxylic acids is 2. The third-order valence-corrected chi connectivity index (χ3v) is 4.37. The second kappa shape index (κ2) is 5.48. The lowest BCUT2D eigenvalue weighted by molar-refractivity contribution is -0.113. The molecule has 2 aromatic rings. The summed E-state index contributed by atoms with van der Waals surface area (Å²) in [6, 6.07) is 14.3. The first-order valence-electron chi connectivity index (χ1n) is 6.95. The smallest absolute Gasteiger partial charge is 0.298 e. The van der Waals surface area contributed by atoms with Crippen LogP contribution in [0.2, 0.25) is 0 Å². The molecule has 0 aromatic heterocycles. The number of hydrogen-bond acceptors (Lipinski definition) is 5. The molecular weight excluding hydrogens is 314 g/mol. The number of imide groups is 1. The Morgan fingerprint density at radius 2 is 1.78 bits per heavy atom. The molecular formula is C17H11NO4S. The van der Waals surface area contributed by atoms with Crippen LogP contribution >= 0.6 is 11.8 Å². The van der Waals surface area contributed by atoms with Crippen molar-refractivity contribution in [2.75, 3.05) is 11.7 Å². The van der Waals surface area contributed by atoms with Gasteiger partial charge in [-0.1, -0.05) is 24.3 Å². The minimum atomic E-state index is -0.316. The summed E-state index contributed by atoms with van der Waals surface area (Å²) in [5.41, 5.74) is 1.36. The molecule has 0 bridgehead atoms. The van der Waals surface area contributed by atoms with Gasteiger partial charge in [-0.15, -0.1) is 0 Å². The van der Waals surface area contributed by atoms with Gasteiger partial charge in [0.1, 0.15) is 0 Å². The first-order valence-corrected chi connectivity index (χ1v) is 7.77. The fourth-order valence-corrected chi connectivity index (χ4v) is 3.26. The van der Waals surface area contributed by atoms with Crippen LogP contribution in [0.1, 0.15) is 5.56 Å². The van der Waals surface area contributed by atoms with E-state index in [9.17, 15) is 9.59 Å². The molecule has 0 aliphatic carbocycles. The van der Waals surface area contributed by atoms with Crippen molar-refractivity contribution < 1.29 is 19.1 Å². The van der Waals surface area contributed by atoms with Crippen molar-refractivity contribution in [3.05, 3.63) is 59.0 Å². The summed E-state index contributed by atoms with van der Waals surface area (Å²) < 4.78 is 10.6. The molecule has 0 saturated carbocycles. The van der Waals surface area contributed by atoms with Crippen LogP contribution in [0.25, 0.3) is 6.08 Å². The highest BCUT2D eigenvalue weighted by Crippen LogP contribution is 2.37. The van der Waals surface area contributed by atoms with Crippen LogP contribution in [0, 0.1) is 0 Å². The van der Waals surface area contributed by atoms with E-state index in [0.29, 0.717) is 22.1 Å². The molecule has 6 heteroatoms. The Morgan fingerprint density at radius 1 is 1.00 bits per heavy atom. The van der Waals surface area contributed by atoms with Crippen molar-refractivity contribution in [2.45, 2.75) is 0 Å². The average Bonchev–Trinajstić information content (AvgIpc) is 3.13. The summed E-state index contributed by atoms with van der Waals surface area (Å²) in [7, 11) is 0. The molecule has 0 spiro atoms. The van der Waals surface area contributed by atoms with E-state index >= 15 is 0 Å². The predicted molar refractivity (Wildman–Crippen MR) is 87.5 cm³/mol. The number of fused-ring (bicyclic) bond motifs is 1. The standard InChI is InChI=1S/C17H11NO4S/c19-16-15(9-11-6-7-13-14(8-11)22-10-21-13)23-17(20)18(16)12-4-2-1-3-5-12/h1-9H,10H2/b15-9+. The van der Waals surface area contributed by atoms with Gasteiger partial charge in [-0.05, 0) is 47.7 Å². The second-order valence-electron chi connectivity index (χ2n) is 4.97. The van der Waals surface area contributed by atoms with Crippen LogP contribution in [-0.2, 0) is 4.79 Å². The lowest BCUT2D eigenvalue weighted by Gasteiger charge is -2.11. The predicted octanol–water partition coefficient (Wildman–Crippen LogP) is 3.66. The van der Waals surface area contributed by atoms with Gasteiger partial charge in [-0.3, -0.25) is 9.59 Å². The Balaban J connectivity index is 1.65. The summed E-state index contributed by atoms with van der Waals surface area (Å²) in [4.78, 5) is 26.2. The highest BCUT2D eigenvalue weighted by Gasteiger charge is 2.36. The number of ether oxygens (including phenoxy) is 2. The van der Waals surface area contributed by atoms with Crippen LogP contribution in [-0.4, -0.2) is 17.9 Å². The van der Waals surface area contributed by atoms with Crippen molar-refractivity contribution in [2.24, 2.45) is 0 Å². The molecule has 1 saturated heterocycles. The Hall–Kier alpha value is -2.73. The van der Waals surface area contributed by atoms with E-state index < -0.39 is 0 Å². The number of carbonyl (C=O) groups is 2. The van der Waals surface area contributed by atoms with Crippen LogP contribution in [0.3, 0.4) is 0 Å². The number of amides is 2. The molecule has 0 radical (unpaired) electrons. The van der Waals surface area contributed by atoms with Crippen molar-refractivity contribution in [3.63, 3.8) is 0 Å². The van der Waals surface area contributed by atoms with E-state index in [4.69, 9.17) is 9.47 Å². The minimum absolute atomic E-state index is 0.198. The third-order valence-electron chi connectivity index (χ3n) is 3.50. The maximum Gasteiger partial charge on any atom is 0.298 e. The van der Waals surface area contributed by atoms with E-state index in [1.54, 1.807) is 42.5 Å². The van der Waals surface area contributed by atoms with Crippen LogP contribution < -0.4 is 14.4 Å². The Kier molecular flexibility index (Phi) is 3.31. The quantitative estimate of drug-likeness (QED) is 0.789. The molecule has 0 N–H and O–H groups in total. The fourth-order valence-electron chi connectivity index (χ4n) is 2.42. The summed E-state index contributed by atoms with van der Waals surface area (Å²) >= 11 is 0.931. The lowest BCUT2D eigenvalue weighted by Crippen LogP contribution is -2.27.